The van der Waals surface area contributed by atoms with Gasteiger partial charge in [-0.1, -0.05) is 13.8 Å². The second-order valence-corrected chi connectivity index (χ2v) is 4.97. The molecular weight excluding hydrogens is 212 g/mol. The second kappa shape index (κ2) is 4.06. The van der Waals surface area contributed by atoms with Gasteiger partial charge in [-0.2, -0.15) is 5.26 Å². The van der Waals surface area contributed by atoms with E-state index in [0.29, 0.717) is 12.0 Å². The van der Waals surface area contributed by atoms with E-state index in [0.717, 1.165) is 22.8 Å². The number of aromatic amines is 1. The zero-order valence-electron chi connectivity index (χ0n) is 9.95. The fourth-order valence-corrected chi connectivity index (χ4v) is 1.93. The van der Waals surface area contributed by atoms with Crippen molar-refractivity contribution in [2.75, 3.05) is 0 Å². The van der Waals surface area contributed by atoms with Crippen LogP contribution >= 0.6 is 0 Å². The molecule has 0 bridgehead atoms. The summed E-state index contributed by atoms with van der Waals surface area (Å²) in [5, 5.41) is 9.91. The van der Waals surface area contributed by atoms with Crippen LogP contribution in [0.15, 0.2) is 24.4 Å². The molecule has 1 aromatic heterocycles. The van der Waals surface area contributed by atoms with E-state index in [-0.39, 0.29) is 5.41 Å². The van der Waals surface area contributed by atoms with Crippen molar-refractivity contribution in [1.29, 1.82) is 5.26 Å². The summed E-state index contributed by atoms with van der Waals surface area (Å²) in [7, 11) is 0. The van der Waals surface area contributed by atoms with Crippen molar-refractivity contribution in [2.45, 2.75) is 20.3 Å². The third-order valence-corrected chi connectivity index (χ3v) is 2.86. The summed E-state index contributed by atoms with van der Waals surface area (Å²) in [5.41, 5.74) is 2.34. The maximum absolute atomic E-state index is 10.9. The summed E-state index contributed by atoms with van der Waals surface area (Å²) in [5.74, 6) is 0. The van der Waals surface area contributed by atoms with Crippen molar-refractivity contribution in [3.63, 3.8) is 0 Å². The Labute approximate surface area is 100 Å². The Morgan fingerprint density at radius 1 is 1.47 bits per heavy atom. The number of fused-ring (bicyclic) bond motifs is 1. The van der Waals surface area contributed by atoms with Crippen molar-refractivity contribution in [3.8, 4) is 6.07 Å². The Morgan fingerprint density at radius 3 is 2.88 bits per heavy atom. The molecule has 1 heterocycles. The number of rotatable bonds is 3. The van der Waals surface area contributed by atoms with Crippen molar-refractivity contribution in [1.82, 2.24) is 4.98 Å². The van der Waals surface area contributed by atoms with Gasteiger partial charge < -0.3 is 9.78 Å². The SMILES string of the molecule is CC(C)(C=O)Cc1c[nH]c2ccc(C#N)cc12. The molecule has 0 spiro atoms. The number of H-pyrrole nitrogens is 1. The predicted octanol–water partition coefficient (Wildman–Crippen LogP) is 2.81. The van der Waals surface area contributed by atoms with Crippen molar-refractivity contribution in [3.05, 3.63) is 35.5 Å². The molecule has 1 aromatic carbocycles. The molecule has 2 rings (SSSR count). The topological polar surface area (TPSA) is 56.6 Å². The molecule has 0 saturated carbocycles. The van der Waals surface area contributed by atoms with Gasteiger partial charge in [-0.3, -0.25) is 0 Å². The molecular formula is C14H14N2O. The van der Waals surface area contributed by atoms with Crippen LogP contribution in [0.3, 0.4) is 0 Å². The molecule has 0 aliphatic heterocycles. The maximum Gasteiger partial charge on any atom is 0.125 e. The van der Waals surface area contributed by atoms with Gasteiger partial charge in [-0.25, -0.2) is 0 Å². The highest BCUT2D eigenvalue weighted by Crippen LogP contribution is 2.26. The number of hydrogen-bond donors (Lipinski definition) is 1. The Morgan fingerprint density at radius 2 is 2.24 bits per heavy atom. The number of hydrogen-bond acceptors (Lipinski definition) is 2. The molecule has 0 atom stereocenters. The van der Waals surface area contributed by atoms with Gasteiger partial charge in [-0.05, 0) is 30.2 Å². The summed E-state index contributed by atoms with van der Waals surface area (Å²) in [6.45, 7) is 3.82. The molecule has 86 valence electrons. The van der Waals surface area contributed by atoms with Gasteiger partial charge in [0, 0.05) is 22.5 Å². The van der Waals surface area contributed by atoms with Crippen LogP contribution in [0.1, 0.15) is 25.0 Å². The highest BCUT2D eigenvalue weighted by Gasteiger charge is 2.19. The quantitative estimate of drug-likeness (QED) is 0.818. The van der Waals surface area contributed by atoms with Gasteiger partial charge in [0.2, 0.25) is 0 Å². The molecule has 3 heteroatoms. The fraction of sp³-hybridized carbons (Fsp3) is 0.286. The first-order valence-corrected chi connectivity index (χ1v) is 5.52. The lowest BCUT2D eigenvalue weighted by molar-refractivity contribution is -0.114. The average molecular weight is 226 g/mol. The molecule has 0 amide bonds. The van der Waals surface area contributed by atoms with Crippen LogP contribution in [0, 0.1) is 16.7 Å². The molecule has 17 heavy (non-hydrogen) atoms. The van der Waals surface area contributed by atoms with Crippen LogP contribution in [-0.2, 0) is 11.2 Å². The molecule has 0 fully saturated rings. The van der Waals surface area contributed by atoms with Gasteiger partial charge >= 0.3 is 0 Å². The van der Waals surface area contributed by atoms with Crippen molar-refractivity contribution in [2.24, 2.45) is 5.41 Å². The van der Waals surface area contributed by atoms with Crippen LogP contribution in [0.4, 0.5) is 0 Å². The molecule has 1 N–H and O–H groups in total. The second-order valence-electron chi connectivity index (χ2n) is 4.97. The van der Waals surface area contributed by atoms with Gasteiger partial charge in [0.05, 0.1) is 11.6 Å². The number of carbonyl (C=O) groups excluding carboxylic acids is 1. The summed E-state index contributed by atoms with van der Waals surface area (Å²) in [6.07, 6.45) is 3.56. The minimum atomic E-state index is -0.377. The molecule has 0 saturated heterocycles. The Hall–Kier alpha value is -2.08. The largest absolute Gasteiger partial charge is 0.361 e. The fourth-order valence-electron chi connectivity index (χ4n) is 1.93. The lowest BCUT2D eigenvalue weighted by atomic mass is 9.87. The summed E-state index contributed by atoms with van der Waals surface area (Å²) < 4.78 is 0. The standard InChI is InChI=1S/C14H14N2O/c1-14(2,9-17)6-11-8-16-13-4-3-10(7-15)5-12(11)13/h3-5,8-9,16H,6H2,1-2H3. The first-order chi connectivity index (χ1) is 8.05. The number of nitrogens with one attached hydrogen (secondary N) is 1. The van der Waals surface area contributed by atoms with Crippen LogP contribution < -0.4 is 0 Å². The molecule has 3 nitrogen and oxygen atoms in total. The number of carbonyl (C=O) groups is 1. The molecule has 0 unspecified atom stereocenters. The van der Waals surface area contributed by atoms with Crippen LogP contribution in [0.5, 0.6) is 0 Å². The third kappa shape index (κ3) is 2.21. The monoisotopic (exact) mass is 226 g/mol. The third-order valence-electron chi connectivity index (χ3n) is 2.86. The van der Waals surface area contributed by atoms with E-state index in [1.54, 1.807) is 6.07 Å². The lowest BCUT2D eigenvalue weighted by Gasteiger charge is -2.15. The van der Waals surface area contributed by atoms with E-state index in [9.17, 15) is 4.79 Å². The summed E-state index contributed by atoms with van der Waals surface area (Å²) >= 11 is 0. The molecule has 0 aliphatic rings. The molecule has 0 aliphatic carbocycles. The molecule has 2 aromatic rings. The highest BCUT2D eigenvalue weighted by atomic mass is 16.1. The number of nitriles is 1. The van der Waals surface area contributed by atoms with E-state index in [4.69, 9.17) is 5.26 Å². The minimum Gasteiger partial charge on any atom is -0.361 e. The Kier molecular flexibility index (Phi) is 2.72. The maximum atomic E-state index is 10.9. The summed E-state index contributed by atoms with van der Waals surface area (Å²) in [4.78, 5) is 14.1. The smallest absolute Gasteiger partial charge is 0.125 e. The van der Waals surface area contributed by atoms with E-state index in [1.807, 2.05) is 32.2 Å². The van der Waals surface area contributed by atoms with Gasteiger partial charge in [0.25, 0.3) is 0 Å². The number of benzene rings is 1. The first-order valence-electron chi connectivity index (χ1n) is 5.52. The number of aromatic nitrogens is 1. The Balaban J connectivity index is 2.48. The van der Waals surface area contributed by atoms with Gasteiger partial charge in [-0.15, -0.1) is 0 Å². The number of nitrogens with zero attached hydrogens (tertiary/aromatic N) is 1. The van der Waals surface area contributed by atoms with E-state index in [1.165, 1.54) is 0 Å². The van der Waals surface area contributed by atoms with Gasteiger partial charge in [0.15, 0.2) is 0 Å². The van der Waals surface area contributed by atoms with E-state index >= 15 is 0 Å². The zero-order valence-corrected chi connectivity index (χ0v) is 9.95. The minimum absolute atomic E-state index is 0.377. The first kappa shape index (κ1) is 11.4. The van der Waals surface area contributed by atoms with Crippen LogP contribution in [-0.4, -0.2) is 11.3 Å². The summed E-state index contributed by atoms with van der Waals surface area (Å²) in [6, 6.07) is 7.67. The van der Waals surface area contributed by atoms with Crippen molar-refractivity contribution < 1.29 is 4.79 Å². The Bertz CT molecular complexity index is 602. The highest BCUT2D eigenvalue weighted by molar-refractivity contribution is 5.85. The van der Waals surface area contributed by atoms with Crippen molar-refractivity contribution >= 4 is 17.2 Å². The average Bonchev–Trinajstić information content (AvgIpc) is 2.71. The number of aldehydes is 1. The predicted molar refractivity (Wildman–Crippen MR) is 66.6 cm³/mol. The van der Waals surface area contributed by atoms with Crippen LogP contribution in [0.25, 0.3) is 10.9 Å². The zero-order chi connectivity index (χ0) is 12.5. The van der Waals surface area contributed by atoms with E-state index in [2.05, 4.69) is 11.1 Å². The molecule has 0 radical (unpaired) electrons. The lowest BCUT2D eigenvalue weighted by Crippen LogP contribution is -2.16. The van der Waals surface area contributed by atoms with Gasteiger partial charge in [0.1, 0.15) is 6.29 Å². The normalized spacial score (nSPS) is 11.4. The van der Waals surface area contributed by atoms with E-state index < -0.39 is 0 Å². The van der Waals surface area contributed by atoms with Crippen LogP contribution in [0.2, 0.25) is 0 Å².